The lowest BCUT2D eigenvalue weighted by atomic mass is 9.78. The van der Waals surface area contributed by atoms with Crippen molar-refractivity contribution in [3.63, 3.8) is 0 Å². The Bertz CT molecular complexity index is 1100. The first-order chi connectivity index (χ1) is 14.5. The van der Waals surface area contributed by atoms with Crippen LogP contribution in [0.4, 0.5) is 10.2 Å². The Hall–Kier alpha value is -2.95. The summed E-state index contributed by atoms with van der Waals surface area (Å²) in [6.45, 7) is 5.01. The molecule has 1 unspecified atom stereocenters. The maximum atomic E-state index is 13.5. The minimum Gasteiger partial charge on any atom is -0.355 e. The topological polar surface area (TPSA) is 36.4 Å². The Morgan fingerprint density at radius 1 is 1.07 bits per heavy atom. The van der Waals surface area contributed by atoms with Crippen molar-refractivity contribution < 1.29 is 9.18 Å². The highest BCUT2D eigenvalue weighted by molar-refractivity contribution is 5.86. The molecule has 0 saturated carbocycles. The van der Waals surface area contributed by atoms with Crippen molar-refractivity contribution in [3.05, 3.63) is 71.5 Å². The number of aryl methyl sites for hydroxylation is 1. The molecule has 0 bridgehead atoms. The van der Waals surface area contributed by atoms with Crippen LogP contribution in [0.5, 0.6) is 0 Å². The first-order valence-corrected chi connectivity index (χ1v) is 10.7. The number of para-hydroxylation sites is 1. The van der Waals surface area contributed by atoms with E-state index in [4.69, 9.17) is 4.98 Å². The molecule has 1 amide bonds. The molecule has 1 spiro atoms. The summed E-state index contributed by atoms with van der Waals surface area (Å²) in [5, 5.41) is 1.18. The maximum absolute atomic E-state index is 13.5. The van der Waals surface area contributed by atoms with E-state index in [-0.39, 0.29) is 17.1 Å². The van der Waals surface area contributed by atoms with Crippen LogP contribution >= 0.6 is 0 Å². The minimum absolute atomic E-state index is 0.234. The molecule has 4 nitrogen and oxygen atoms in total. The van der Waals surface area contributed by atoms with Gasteiger partial charge in [0.25, 0.3) is 0 Å². The molecule has 0 aliphatic carbocycles. The first-order valence-electron chi connectivity index (χ1n) is 10.7. The van der Waals surface area contributed by atoms with E-state index in [1.54, 1.807) is 12.1 Å². The molecule has 2 saturated heterocycles. The van der Waals surface area contributed by atoms with Crippen LogP contribution in [0.1, 0.15) is 30.4 Å². The highest BCUT2D eigenvalue weighted by atomic mass is 19.1. The maximum Gasteiger partial charge on any atom is 0.230 e. The number of hydrogen-bond donors (Lipinski definition) is 0. The third kappa shape index (κ3) is 3.32. The molecule has 2 aromatic carbocycles. The van der Waals surface area contributed by atoms with E-state index in [2.05, 4.69) is 24.0 Å². The Kier molecular flexibility index (Phi) is 4.69. The fraction of sp³-hybridized carbons (Fsp3) is 0.360. The van der Waals surface area contributed by atoms with E-state index in [1.165, 1.54) is 23.1 Å². The molecule has 0 radical (unpaired) electrons. The normalized spacial score (nSPS) is 21.7. The van der Waals surface area contributed by atoms with Crippen LogP contribution in [0.15, 0.2) is 54.6 Å². The second-order valence-electron chi connectivity index (χ2n) is 8.72. The third-order valence-corrected chi connectivity index (χ3v) is 6.70. The Morgan fingerprint density at radius 3 is 2.70 bits per heavy atom. The van der Waals surface area contributed by atoms with Gasteiger partial charge in [-0.2, -0.15) is 0 Å². The predicted molar refractivity (Wildman–Crippen MR) is 117 cm³/mol. The molecule has 1 aromatic heterocycles. The van der Waals surface area contributed by atoms with Crippen LogP contribution < -0.4 is 4.90 Å². The number of carbonyl (C=O) groups excluding carboxylic acids is 1. The standard InChI is InChI=1S/C25H26FN3O/c1-18-15-23(27-22-6-3-2-5-21(18)22)29-14-12-25(17-29)11-4-13-28(24(25)30)16-19-7-9-20(26)10-8-19/h2-3,5-10,15H,4,11-14,16-17H2,1H3. The lowest BCUT2D eigenvalue weighted by Gasteiger charge is -2.39. The zero-order valence-electron chi connectivity index (χ0n) is 17.3. The monoisotopic (exact) mass is 403 g/mol. The van der Waals surface area contributed by atoms with E-state index < -0.39 is 0 Å². The molecule has 3 aromatic rings. The number of benzene rings is 2. The lowest BCUT2D eigenvalue weighted by Crippen LogP contribution is -2.49. The zero-order valence-corrected chi connectivity index (χ0v) is 17.3. The van der Waals surface area contributed by atoms with Gasteiger partial charge < -0.3 is 9.80 Å². The summed E-state index contributed by atoms with van der Waals surface area (Å²) in [6, 6.07) is 16.8. The van der Waals surface area contributed by atoms with Crippen LogP contribution in [0.3, 0.4) is 0 Å². The van der Waals surface area contributed by atoms with Gasteiger partial charge in [0.1, 0.15) is 11.6 Å². The number of nitrogens with zero attached hydrogens (tertiary/aromatic N) is 3. The predicted octanol–water partition coefficient (Wildman–Crippen LogP) is 4.70. The summed E-state index contributed by atoms with van der Waals surface area (Å²) < 4.78 is 13.2. The van der Waals surface area contributed by atoms with E-state index >= 15 is 0 Å². The molecule has 0 N–H and O–H groups in total. The number of piperidine rings is 1. The molecule has 30 heavy (non-hydrogen) atoms. The van der Waals surface area contributed by atoms with Gasteiger partial charge >= 0.3 is 0 Å². The Morgan fingerprint density at radius 2 is 1.87 bits per heavy atom. The van der Waals surface area contributed by atoms with Gasteiger partial charge in [-0.3, -0.25) is 4.79 Å². The second-order valence-corrected chi connectivity index (χ2v) is 8.72. The van der Waals surface area contributed by atoms with Crippen LogP contribution in [-0.2, 0) is 11.3 Å². The molecule has 5 heteroatoms. The van der Waals surface area contributed by atoms with Crippen molar-refractivity contribution in [2.45, 2.75) is 32.7 Å². The number of carbonyl (C=O) groups is 1. The largest absolute Gasteiger partial charge is 0.355 e. The average Bonchev–Trinajstić information content (AvgIpc) is 3.18. The van der Waals surface area contributed by atoms with Crippen LogP contribution in [0.25, 0.3) is 10.9 Å². The van der Waals surface area contributed by atoms with Crippen molar-refractivity contribution in [2.75, 3.05) is 24.5 Å². The molecule has 2 fully saturated rings. The summed E-state index contributed by atoms with van der Waals surface area (Å²) in [6.07, 6.45) is 2.79. The molecule has 5 rings (SSSR count). The van der Waals surface area contributed by atoms with Crippen LogP contribution in [-0.4, -0.2) is 35.4 Å². The smallest absolute Gasteiger partial charge is 0.230 e. The summed E-state index contributed by atoms with van der Waals surface area (Å²) in [7, 11) is 0. The van der Waals surface area contributed by atoms with Gasteiger partial charge in [-0.1, -0.05) is 30.3 Å². The van der Waals surface area contributed by atoms with Crippen molar-refractivity contribution in [2.24, 2.45) is 5.41 Å². The van der Waals surface area contributed by atoms with Crippen LogP contribution in [0, 0.1) is 18.2 Å². The summed E-state index contributed by atoms with van der Waals surface area (Å²) in [5.41, 5.74) is 2.86. The number of likely N-dealkylation sites (tertiary alicyclic amines) is 1. The minimum atomic E-state index is -0.334. The fourth-order valence-corrected chi connectivity index (χ4v) is 5.05. The molecule has 1 atom stereocenters. The number of pyridine rings is 1. The number of halogens is 1. The Labute approximate surface area is 176 Å². The van der Waals surface area contributed by atoms with Gasteiger partial charge in [-0.05, 0) is 61.6 Å². The zero-order chi connectivity index (χ0) is 20.7. The molecule has 2 aliphatic heterocycles. The van der Waals surface area contributed by atoms with Gasteiger partial charge in [-0.15, -0.1) is 0 Å². The van der Waals surface area contributed by atoms with Gasteiger partial charge in [-0.25, -0.2) is 9.37 Å². The SMILES string of the molecule is Cc1cc(N2CCC3(CCCN(Cc4ccc(F)cc4)C3=O)C2)nc2ccccc12. The number of amides is 1. The number of fused-ring (bicyclic) bond motifs is 1. The van der Waals surface area contributed by atoms with E-state index in [1.807, 2.05) is 23.1 Å². The summed E-state index contributed by atoms with van der Waals surface area (Å²) >= 11 is 0. The van der Waals surface area contributed by atoms with E-state index in [0.717, 1.165) is 55.8 Å². The summed E-state index contributed by atoms with van der Waals surface area (Å²) in [5.74, 6) is 0.953. The quantitative estimate of drug-likeness (QED) is 0.636. The van der Waals surface area contributed by atoms with Crippen LogP contribution in [0.2, 0.25) is 0 Å². The number of hydrogen-bond acceptors (Lipinski definition) is 3. The third-order valence-electron chi connectivity index (χ3n) is 6.70. The van der Waals surface area contributed by atoms with Gasteiger partial charge in [0.15, 0.2) is 0 Å². The molecular formula is C25H26FN3O. The molecule has 154 valence electrons. The average molecular weight is 404 g/mol. The second kappa shape index (κ2) is 7.38. The van der Waals surface area contributed by atoms with Gasteiger partial charge in [0.2, 0.25) is 5.91 Å². The van der Waals surface area contributed by atoms with E-state index in [0.29, 0.717) is 6.54 Å². The summed E-state index contributed by atoms with van der Waals surface area (Å²) in [4.78, 5) is 22.6. The molecule has 2 aliphatic rings. The molecule has 3 heterocycles. The first kappa shape index (κ1) is 19.0. The fourth-order valence-electron chi connectivity index (χ4n) is 5.05. The van der Waals surface area contributed by atoms with Crippen molar-refractivity contribution >= 4 is 22.6 Å². The Balaban J connectivity index is 1.37. The van der Waals surface area contributed by atoms with Crippen molar-refractivity contribution in [1.82, 2.24) is 9.88 Å². The number of rotatable bonds is 3. The molecular weight excluding hydrogens is 377 g/mol. The lowest BCUT2D eigenvalue weighted by molar-refractivity contribution is -0.145. The number of aromatic nitrogens is 1. The van der Waals surface area contributed by atoms with Crippen molar-refractivity contribution in [3.8, 4) is 0 Å². The van der Waals surface area contributed by atoms with E-state index in [9.17, 15) is 9.18 Å². The van der Waals surface area contributed by atoms with Gasteiger partial charge in [0.05, 0.1) is 10.9 Å². The number of anilines is 1. The highest BCUT2D eigenvalue weighted by Gasteiger charge is 2.48. The highest BCUT2D eigenvalue weighted by Crippen LogP contribution is 2.42. The van der Waals surface area contributed by atoms with Crippen molar-refractivity contribution in [1.29, 1.82) is 0 Å². The van der Waals surface area contributed by atoms with Gasteiger partial charge in [0, 0.05) is 31.6 Å².